The molecule has 2 heteroatoms. The highest BCUT2D eigenvalue weighted by molar-refractivity contribution is 5.80. The number of hydrogen-bond acceptors (Lipinski definition) is 0. The fourth-order valence-electron chi connectivity index (χ4n) is 2.08. The van der Waals surface area contributed by atoms with Crippen molar-refractivity contribution in [1.82, 2.24) is 0 Å². The van der Waals surface area contributed by atoms with Crippen molar-refractivity contribution in [2.45, 2.75) is 6.54 Å². The molecule has 0 aliphatic heterocycles. The van der Waals surface area contributed by atoms with Crippen molar-refractivity contribution in [3.05, 3.63) is 78.4 Å². The lowest BCUT2D eigenvalue weighted by Gasteiger charge is -2.00. The summed E-state index contributed by atoms with van der Waals surface area (Å²) in [5.41, 5.74) is 1.09. The van der Waals surface area contributed by atoms with Crippen LogP contribution in [-0.2, 0) is 6.54 Å². The predicted molar refractivity (Wildman–Crippen MR) is 69.6 cm³/mol. The Morgan fingerprint density at radius 2 is 1.56 bits per heavy atom. The molecule has 18 heavy (non-hydrogen) atoms. The first-order valence-electron chi connectivity index (χ1n) is 5.93. The molecule has 3 aromatic rings. The first-order valence-corrected chi connectivity index (χ1v) is 5.93. The molecule has 88 valence electrons. The van der Waals surface area contributed by atoms with Gasteiger partial charge in [-0.1, -0.05) is 18.2 Å². The summed E-state index contributed by atoms with van der Waals surface area (Å²) in [6.07, 6.45) is 4.16. The van der Waals surface area contributed by atoms with E-state index in [9.17, 15) is 4.39 Å². The van der Waals surface area contributed by atoms with Gasteiger partial charge in [-0.05, 0) is 35.7 Å². The number of pyridine rings is 1. The van der Waals surface area contributed by atoms with Gasteiger partial charge in [-0.25, -0.2) is 8.96 Å². The zero-order valence-corrected chi connectivity index (χ0v) is 9.88. The summed E-state index contributed by atoms with van der Waals surface area (Å²) in [6, 6.07) is 17.0. The molecule has 0 N–H and O–H groups in total. The Kier molecular flexibility index (Phi) is 2.77. The molecule has 0 atom stereocenters. The van der Waals surface area contributed by atoms with Crippen LogP contribution in [0.4, 0.5) is 4.39 Å². The van der Waals surface area contributed by atoms with Crippen LogP contribution in [0.5, 0.6) is 0 Å². The number of hydrogen-bond donors (Lipinski definition) is 0. The van der Waals surface area contributed by atoms with Crippen LogP contribution in [0.2, 0.25) is 0 Å². The van der Waals surface area contributed by atoms with Crippen molar-refractivity contribution in [2.75, 3.05) is 0 Å². The summed E-state index contributed by atoms with van der Waals surface area (Å²) in [6.45, 7) is 0.755. The Morgan fingerprint density at radius 3 is 2.33 bits per heavy atom. The quantitative estimate of drug-likeness (QED) is 0.603. The maximum absolute atomic E-state index is 12.8. The summed E-state index contributed by atoms with van der Waals surface area (Å²) in [5, 5.41) is 2.44. The minimum atomic E-state index is -0.192. The number of halogens is 1. The Labute approximate surface area is 105 Å². The standard InChI is InChI=1S/C16H13FN/c17-16-7-5-13(6-8-16)11-18-10-9-14-3-1-2-4-15(14)12-18/h1-10,12H,11H2/q+1. The van der Waals surface area contributed by atoms with Gasteiger partial charge in [0.05, 0.1) is 0 Å². The molecule has 0 spiro atoms. The second kappa shape index (κ2) is 4.57. The Balaban J connectivity index is 1.92. The zero-order chi connectivity index (χ0) is 12.4. The van der Waals surface area contributed by atoms with Gasteiger partial charge in [-0.15, -0.1) is 0 Å². The minimum absolute atomic E-state index is 0.192. The van der Waals surface area contributed by atoms with Gasteiger partial charge in [0.15, 0.2) is 18.9 Å². The maximum Gasteiger partial charge on any atom is 0.176 e. The van der Waals surface area contributed by atoms with Gasteiger partial charge in [0, 0.05) is 17.0 Å². The molecule has 1 nitrogen and oxygen atoms in total. The molecule has 0 saturated heterocycles. The van der Waals surface area contributed by atoms with Gasteiger partial charge in [0.1, 0.15) is 5.82 Å². The van der Waals surface area contributed by atoms with E-state index in [1.54, 1.807) is 0 Å². The van der Waals surface area contributed by atoms with Crippen LogP contribution < -0.4 is 4.57 Å². The van der Waals surface area contributed by atoms with E-state index >= 15 is 0 Å². The van der Waals surface area contributed by atoms with Crippen molar-refractivity contribution in [3.63, 3.8) is 0 Å². The van der Waals surface area contributed by atoms with Gasteiger partial charge in [-0.2, -0.15) is 0 Å². The van der Waals surface area contributed by atoms with E-state index in [1.807, 2.05) is 30.5 Å². The molecule has 1 heterocycles. The number of nitrogens with zero attached hydrogens (tertiary/aromatic N) is 1. The van der Waals surface area contributed by atoms with E-state index in [1.165, 1.54) is 22.9 Å². The van der Waals surface area contributed by atoms with Crippen LogP contribution in [0.1, 0.15) is 5.56 Å². The van der Waals surface area contributed by atoms with Crippen LogP contribution in [0.15, 0.2) is 67.0 Å². The van der Waals surface area contributed by atoms with Gasteiger partial charge in [0.25, 0.3) is 0 Å². The van der Waals surface area contributed by atoms with Crippen LogP contribution in [0.3, 0.4) is 0 Å². The van der Waals surface area contributed by atoms with Crippen LogP contribution in [-0.4, -0.2) is 0 Å². The molecular formula is C16H13FN+. The third kappa shape index (κ3) is 2.23. The van der Waals surface area contributed by atoms with Crippen LogP contribution in [0.25, 0.3) is 10.8 Å². The van der Waals surface area contributed by atoms with Gasteiger partial charge in [0.2, 0.25) is 0 Å². The predicted octanol–water partition coefficient (Wildman–Crippen LogP) is 3.31. The van der Waals surface area contributed by atoms with E-state index in [0.717, 1.165) is 12.1 Å². The number of rotatable bonds is 2. The second-order valence-corrected chi connectivity index (χ2v) is 4.37. The van der Waals surface area contributed by atoms with Crippen molar-refractivity contribution >= 4 is 10.8 Å². The highest BCUT2D eigenvalue weighted by Gasteiger charge is 2.04. The van der Waals surface area contributed by atoms with Gasteiger partial charge >= 0.3 is 0 Å². The van der Waals surface area contributed by atoms with E-state index in [2.05, 4.69) is 29.0 Å². The summed E-state index contributed by atoms with van der Waals surface area (Å²) in [5.74, 6) is -0.192. The average molecular weight is 238 g/mol. The Bertz CT molecular complexity index is 674. The summed E-state index contributed by atoms with van der Waals surface area (Å²) >= 11 is 0. The van der Waals surface area contributed by atoms with Crippen LogP contribution >= 0.6 is 0 Å². The highest BCUT2D eigenvalue weighted by Crippen LogP contribution is 2.10. The number of aromatic nitrogens is 1. The van der Waals surface area contributed by atoms with E-state index in [4.69, 9.17) is 0 Å². The van der Waals surface area contributed by atoms with Crippen molar-refractivity contribution < 1.29 is 8.96 Å². The molecule has 0 amide bonds. The molecule has 0 saturated carbocycles. The lowest BCUT2D eigenvalue weighted by atomic mass is 10.1. The van der Waals surface area contributed by atoms with E-state index in [0.29, 0.717) is 0 Å². The lowest BCUT2D eigenvalue weighted by Crippen LogP contribution is -2.33. The molecule has 0 unspecified atom stereocenters. The highest BCUT2D eigenvalue weighted by atomic mass is 19.1. The molecule has 0 bridgehead atoms. The first kappa shape index (κ1) is 10.9. The average Bonchev–Trinajstić information content (AvgIpc) is 2.41. The summed E-state index contributed by atoms with van der Waals surface area (Å²) in [7, 11) is 0. The smallest absolute Gasteiger partial charge is 0.176 e. The zero-order valence-electron chi connectivity index (χ0n) is 9.88. The molecule has 0 fully saturated rings. The fraction of sp³-hybridized carbons (Fsp3) is 0.0625. The Hall–Kier alpha value is -2.22. The van der Waals surface area contributed by atoms with Gasteiger partial charge in [-0.3, -0.25) is 0 Å². The molecule has 0 aliphatic carbocycles. The monoisotopic (exact) mass is 238 g/mol. The topological polar surface area (TPSA) is 3.88 Å². The molecule has 3 rings (SSSR count). The second-order valence-electron chi connectivity index (χ2n) is 4.37. The molecule has 0 aliphatic rings. The third-order valence-electron chi connectivity index (χ3n) is 3.02. The van der Waals surface area contributed by atoms with Crippen molar-refractivity contribution in [2.24, 2.45) is 0 Å². The fourth-order valence-corrected chi connectivity index (χ4v) is 2.08. The van der Waals surface area contributed by atoms with E-state index in [-0.39, 0.29) is 5.82 Å². The number of benzene rings is 2. The van der Waals surface area contributed by atoms with Crippen molar-refractivity contribution in [3.8, 4) is 0 Å². The minimum Gasteiger partial charge on any atom is -0.207 e. The SMILES string of the molecule is Fc1ccc(C[n+]2ccc3ccccc3c2)cc1. The Morgan fingerprint density at radius 1 is 0.833 bits per heavy atom. The van der Waals surface area contributed by atoms with Crippen molar-refractivity contribution in [1.29, 1.82) is 0 Å². The summed E-state index contributed by atoms with van der Waals surface area (Å²) in [4.78, 5) is 0. The molecule has 1 aromatic heterocycles. The summed E-state index contributed by atoms with van der Waals surface area (Å²) < 4.78 is 14.9. The number of fused-ring (bicyclic) bond motifs is 1. The molecule has 0 radical (unpaired) electrons. The van der Waals surface area contributed by atoms with Gasteiger partial charge < -0.3 is 0 Å². The maximum atomic E-state index is 12.8. The largest absolute Gasteiger partial charge is 0.207 e. The molecular weight excluding hydrogens is 225 g/mol. The first-order chi connectivity index (χ1) is 8.81. The van der Waals surface area contributed by atoms with Crippen LogP contribution in [0, 0.1) is 5.82 Å². The molecule has 2 aromatic carbocycles. The third-order valence-corrected chi connectivity index (χ3v) is 3.02. The normalized spacial score (nSPS) is 10.7. The lowest BCUT2D eigenvalue weighted by molar-refractivity contribution is -0.687. The van der Waals surface area contributed by atoms with E-state index < -0.39 is 0 Å².